The normalized spacial score (nSPS) is 11.0. The summed E-state index contributed by atoms with van der Waals surface area (Å²) in [7, 11) is 0. The third-order valence-electron chi connectivity index (χ3n) is 3.48. The van der Waals surface area contributed by atoms with Gasteiger partial charge in [-0.2, -0.15) is 0 Å². The van der Waals surface area contributed by atoms with Crippen LogP contribution in [0.4, 0.5) is 0 Å². The van der Waals surface area contributed by atoms with Gasteiger partial charge in [-0.1, -0.05) is 62.4 Å². The molecule has 0 heterocycles. The Morgan fingerprint density at radius 1 is 0.800 bits per heavy atom. The fraction of sp³-hybridized carbons (Fsp3) is 0.333. The van der Waals surface area contributed by atoms with Crippen molar-refractivity contribution in [3.63, 3.8) is 0 Å². The van der Waals surface area contributed by atoms with Crippen LogP contribution in [0.5, 0.6) is 0 Å². The summed E-state index contributed by atoms with van der Waals surface area (Å²) in [5.41, 5.74) is 5.18. The van der Waals surface area contributed by atoms with Crippen molar-refractivity contribution in [2.45, 2.75) is 38.7 Å². The molecule has 20 heavy (non-hydrogen) atoms. The van der Waals surface area contributed by atoms with Gasteiger partial charge in [0.25, 0.3) is 0 Å². The Balaban J connectivity index is 1.82. The lowest BCUT2D eigenvalue weighted by molar-refractivity contribution is 0.692. The lowest BCUT2D eigenvalue weighted by Crippen LogP contribution is -2.12. The molecule has 0 aromatic heterocycles. The number of alkyl halides is 1. The first kappa shape index (κ1) is 15.1. The average Bonchev–Trinajstić information content (AvgIpc) is 2.48. The number of rotatable bonds is 6. The van der Waals surface area contributed by atoms with Gasteiger partial charge in [0.05, 0.1) is 0 Å². The fourth-order valence-electron chi connectivity index (χ4n) is 2.12. The van der Waals surface area contributed by atoms with Gasteiger partial charge in [0, 0.05) is 19.0 Å². The molecule has 2 aromatic carbocycles. The molecule has 2 heteroatoms. The molecule has 2 aromatic rings. The lowest BCUT2D eigenvalue weighted by atomic mass is 10.0. The van der Waals surface area contributed by atoms with E-state index in [1.807, 2.05) is 0 Å². The predicted molar refractivity (Wildman–Crippen MR) is 87.1 cm³/mol. The molecule has 0 unspecified atom stereocenters. The van der Waals surface area contributed by atoms with E-state index in [0.29, 0.717) is 11.8 Å². The van der Waals surface area contributed by atoms with Crippen LogP contribution in [0.2, 0.25) is 0 Å². The number of hydrogen-bond donors (Lipinski definition) is 1. The molecule has 0 amide bonds. The van der Waals surface area contributed by atoms with Gasteiger partial charge in [-0.05, 0) is 28.2 Å². The van der Waals surface area contributed by atoms with Crippen molar-refractivity contribution >= 4 is 11.6 Å². The molecule has 0 aliphatic carbocycles. The first-order valence-electron chi connectivity index (χ1n) is 7.12. The highest BCUT2D eigenvalue weighted by atomic mass is 35.5. The van der Waals surface area contributed by atoms with Crippen molar-refractivity contribution in [3.8, 4) is 0 Å². The molecule has 0 radical (unpaired) electrons. The van der Waals surface area contributed by atoms with Crippen molar-refractivity contribution in [1.29, 1.82) is 0 Å². The summed E-state index contributed by atoms with van der Waals surface area (Å²) in [6.45, 7) is 6.22. The maximum absolute atomic E-state index is 5.78. The molecule has 1 N–H and O–H groups in total. The summed E-state index contributed by atoms with van der Waals surface area (Å²) >= 11 is 5.78. The van der Waals surface area contributed by atoms with Crippen LogP contribution >= 0.6 is 11.6 Å². The summed E-state index contributed by atoms with van der Waals surface area (Å²) in [4.78, 5) is 0. The second kappa shape index (κ2) is 7.47. The van der Waals surface area contributed by atoms with Gasteiger partial charge in [0.15, 0.2) is 0 Å². The molecule has 1 nitrogen and oxygen atoms in total. The number of halogens is 1. The molecule has 0 aliphatic heterocycles. The first-order valence-corrected chi connectivity index (χ1v) is 7.66. The van der Waals surface area contributed by atoms with Crippen LogP contribution in [0.25, 0.3) is 0 Å². The number of hydrogen-bond acceptors (Lipinski definition) is 1. The highest BCUT2D eigenvalue weighted by Gasteiger charge is 1.99. The van der Waals surface area contributed by atoms with Gasteiger partial charge < -0.3 is 5.32 Å². The molecule has 0 atom stereocenters. The van der Waals surface area contributed by atoms with E-state index < -0.39 is 0 Å². The van der Waals surface area contributed by atoms with Gasteiger partial charge in [-0.15, -0.1) is 11.6 Å². The molecule has 2 rings (SSSR count). The number of benzene rings is 2. The van der Waals surface area contributed by atoms with E-state index in [1.54, 1.807) is 0 Å². The summed E-state index contributed by atoms with van der Waals surface area (Å²) in [5, 5.41) is 3.47. The fourth-order valence-corrected chi connectivity index (χ4v) is 2.30. The molecule has 0 saturated carbocycles. The Kier molecular flexibility index (Phi) is 5.63. The minimum absolute atomic E-state index is 0.579. The summed E-state index contributed by atoms with van der Waals surface area (Å²) in [5.74, 6) is 1.17. The van der Waals surface area contributed by atoms with Crippen LogP contribution in [-0.2, 0) is 19.0 Å². The molecule has 0 spiro atoms. The maximum Gasteiger partial charge on any atom is 0.0474 e. The monoisotopic (exact) mass is 287 g/mol. The average molecular weight is 288 g/mol. The Morgan fingerprint density at radius 3 is 1.70 bits per heavy atom. The second-order valence-corrected chi connectivity index (χ2v) is 5.72. The third kappa shape index (κ3) is 4.36. The minimum atomic E-state index is 0.579. The Bertz CT molecular complexity index is 514. The van der Waals surface area contributed by atoms with Crippen molar-refractivity contribution in [2.24, 2.45) is 0 Å². The number of nitrogens with one attached hydrogen (secondary N) is 1. The standard InChI is InChI=1S/C18H22ClN/c1-14(2)18-9-7-17(8-10-18)13-20-12-16-5-3-15(11-19)4-6-16/h3-10,14,20H,11-13H2,1-2H3. The molecular formula is C18H22ClN. The molecule has 0 aliphatic rings. The van der Waals surface area contributed by atoms with Crippen molar-refractivity contribution in [1.82, 2.24) is 5.32 Å². The zero-order valence-corrected chi connectivity index (χ0v) is 13.0. The van der Waals surface area contributed by atoms with Gasteiger partial charge in [0.1, 0.15) is 0 Å². The highest BCUT2D eigenvalue weighted by Crippen LogP contribution is 2.14. The van der Waals surface area contributed by atoms with Crippen LogP contribution < -0.4 is 5.32 Å². The Morgan fingerprint density at radius 2 is 1.25 bits per heavy atom. The molecular weight excluding hydrogens is 266 g/mol. The Labute approximate surface area is 127 Å². The van der Waals surface area contributed by atoms with E-state index in [-0.39, 0.29) is 0 Å². The van der Waals surface area contributed by atoms with Crippen LogP contribution in [0.15, 0.2) is 48.5 Å². The van der Waals surface area contributed by atoms with E-state index in [1.165, 1.54) is 22.3 Å². The van der Waals surface area contributed by atoms with Crippen molar-refractivity contribution < 1.29 is 0 Å². The second-order valence-electron chi connectivity index (χ2n) is 5.45. The molecule has 0 fully saturated rings. The first-order chi connectivity index (χ1) is 9.69. The van der Waals surface area contributed by atoms with Crippen molar-refractivity contribution in [3.05, 3.63) is 70.8 Å². The third-order valence-corrected chi connectivity index (χ3v) is 3.79. The van der Waals surface area contributed by atoms with E-state index in [2.05, 4.69) is 67.7 Å². The van der Waals surface area contributed by atoms with Gasteiger partial charge in [-0.3, -0.25) is 0 Å². The quantitative estimate of drug-likeness (QED) is 0.750. The van der Waals surface area contributed by atoms with Gasteiger partial charge >= 0.3 is 0 Å². The van der Waals surface area contributed by atoms with E-state index in [4.69, 9.17) is 11.6 Å². The topological polar surface area (TPSA) is 12.0 Å². The van der Waals surface area contributed by atoms with E-state index >= 15 is 0 Å². The summed E-state index contributed by atoms with van der Waals surface area (Å²) in [6.07, 6.45) is 0. The lowest BCUT2D eigenvalue weighted by Gasteiger charge is -2.08. The largest absolute Gasteiger partial charge is 0.309 e. The maximum atomic E-state index is 5.78. The van der Waals surface area contributed by atoms with E-state index in [0.717, 1.165) is 13.1 Å². The zero-order chi connectivity index (χ0) is 14.4. The van der Waals surface area contributed by atoms with Gasteiger partial charge in [-0.25, -0.2) is 0 Å². The Hall–Kier alpha value is -1.31. The van der Waals surface area contributed by atoms with Crippen molar-refractivity contribution in [2.75, 3.05) is 0 Å². The summed E-state index contributed by atoms with van der Waals surface area (Å²) in [6, 6.07) is 17.3. The zero-order valence-electron chi connectivity index (χ0n) is 12.2. The minimum Gasteiger partial charge on any atom is -0.309 e. The van der Waals surface area contributed by atoms with Crippen LogP contribution in [-0.4, -0.2) is 0 Å². The highest BCUT2D eigenvalue weighted by molar-refractivity contribution is 6.17. The molecule has 106 valence electrons. The SMILES string of the molecule is CC(C)c1ccc(CNCc2ccc(CCl)cc2)cc1. The molecule has 0 saturated heterocycles. The summed E-state index contributed by atoms with van der Waals surface area (Å²) < 4.78 is 0. The molecule has 0 bridgehead atoms. The predicted octanol–water partition coefficient (Wildman–Crippen LogP) is 4.84. The van der Waals surface area contributed by atoms with Crippen LogP contribution in [0.3, 0.4) is 0 Å². The smallest absolute Gasteiger partial charge is 0.0474 e. The van der Waals surface area contributed by atoms with Gasteiger partial charge in [0.2, 0.25) is 0 Å². The van der Waals surface area contributed by atoms with Crippen LogP contribution in [0.1, 0.15) is 42.0 Å². The van der Waals surface area contributed by atoms with Crippen LogP contribution in [0, 0.1) is 0 Å². The van der Waals surface area contributed by atoms with E-state index in [9.17, 15) is 0 Å².